The maximum absolute atomic E-state index is 14.1. The van der Waals surface area contributed by atoms with Crippen molar-refractivity contribution in [2.24, 2.45) is 52.3 Å². The van der Waals surface area contributed by atoms with Crippen molar-refractivity contribution in [2.45, 2.75) is 170 Å². The molecule has 1 aromatic carbocycles. The Morgan fingerprint density at radius 1 is 0.857 bits per heavy atom. The van der Waals surface area contributed by atoms with Crippen molar-refractivity contribution in [3.05, 3.63) is 27.8 Å². The number of ether oxygens (including phenoxy) is 3. The number of nitro benzene ring substituents is 1. The van der Waals surface area contributed by atoms with Crippen LogP contribution in [0.25, 0.3) is 11.0 Å². The Hall–Kier alpha value is -3.57. The summed E-state index contributed by atoms with van der Waals surface area (Å²) in [6, 6.07) is 2.93. The quantitative estimate of drug-likeness (QED) is 0.0873. The van der Waals surface area contributed by atoms with Crippen LogP contribution in [0, 0.1) is 62.4 Å². The van der Waals surface area contributed by atoms with Crippen molar-refractivity contribution in [3.8, 4) is 0 Å². The van der Waals surface area contributed by atoms with E-state index in [0.717, 1.165) is 32.1 Å². The summed E-state index contributed by atoms with van der Waals surface area (Å²) in [7, 11) is 0. The normalized spacial score (nSPS) is 31.4. The lowest BCUT2D eigenvalue weighted by Crippen LogP contribution is -2.54. The largest absolute Gasteiger partial charge is 0.462 e. The smallest absolute Gasteiger partial charge is 0.309 e. The molecule has 4 aliphatic rings. The third-order valence-electron chi connectivity index (χ3n) is 14.5. The maximum atomic E-state index is 14.1. The average Bonchev–Trinajstić information content (AvgIpc) is 3.73. The number of hydrogen-bond acceptors (Lipinski definition) is 11. The highest BCUT2D eigenvalue weighted by Gasteiger charge is 2.61. The van der Waals surface area contributed by atoms with Crippen LogP contribution < -0.4 is 0 Å². The molecule has 0 amide bonds. The molecule has 2 aromatic rings. The number of rotatable bonds is 12. The van der Waals surface area contributed by atoms with Crippen molar-refractivity contribution in [1.82, 2.24) is 10.3 Å². The molecule has 0 saturated heterocycles. The Bertz CT molecular complexity index is 1780. The van der Waals surface area contributed by atoms with Crippen molar-refractivity contribution < 1.29 is 38.1 Å². The molecule has 1 aromatic heterocycles. The minimum atomic E-state index is -0.689. The van der Waals surface area contributed by atoms with Gasteiger partial charge in [-0.05, 0) is 187 Å². The van der Waals surface area contributed by atoms with Crippen LogP contribution in [0.3, 0.4) is 0 Å². The van der Waals surface area contributed by atoms with E-state index in [1.807, 2.05) is 20.8 Å². The summed E-state index contributed by atoms with van der Waals surface area (Å²) in [5.74, 6) is 2.11. The number of benzene rings is 1. The van der Waals surface area contributed by atoms with Crippen LogP contribution in [0.4, 0.5) is 5.69 Å². The van der Waals surface area contributed by atoms with Gasteiger partial charge in [-0.1, -0.05) is 20.8 Å². The Labute approximate surface area is 332 Å². The van der Waals surface area contributed by atoms with E-state index in [1.54, 1.807) is 26.8 Å². The van der Waals surface area contributed by atoms with Gasteiger partial charge in [0.25, 0.3) is 0 Å². The molecule has 4 saturated carbocycles. The second-order valence-corrected chi connectivity index (χ2v) is 20.3. The molecule has 1 heterocycles. The molecule has 0 spiro atoms. The van der Waals surface area contributed by atoms with E-state index in [0.29, 0.717) is 52.9 Å². The minimum Gasteiger partial charge on any atom is -0.462 e. The highest BCUT2D eigenvalue weighted by Crippen LogP contribution is 2.68. The van der Waals surface area contributed by atoms with Gasteiger partial charge in [0.1, 0.15) is 22.8 Å². The van der Waals surface area contributed by atoms with Crippen LogP contribution in [0.15, 0.2) is 16.8 Å². The van der Waals surface area contributed by atoms with Crippen molar-refractivity contribution >= 4 is 34.6 Å². The monoisotopic (exact) mass is 779 g/mol. The van der Waals surface area contributed by atoms with E-state index in [9.17, 15) is 24.5 Å². The zero-order chi connectivity index (χ0) is 40.8. The first-order valence-electron chi connectivity index (χ1n) is 21.2. The van der Waals surface area contributed by atoms with Crippen LogP contribution in [-0.2, 0) is 35.0 Å². The first kappa shape index (κ1) is 42.0. The van der Waals surface area contributed by atoms with Gasteiger partial charge in [-0.15, -0.1) is 0 Å². The Morgan fingerprint density at radius 2 is 1.48 bits per heavy atom. The van der Waals surface area contributed by atoms with E-state index in [2.05, 4.69) is 31.1 Å². The van der Waals surface area contributed by atoms with Gasteiger partial charge in [0.2, 0.25) is 5.52 Å². The van der Waals surface area contributed by atoms with E-state index >= 15 is 0 Å². The predicted molar refractivity (Wildman–Crippen MR) is 210 cm³/mol. The summed E-state index contributed by atoms with van der Waals surface area (Å²) >= 11 is 0. The number of nitrogens with zero attached hydrogens (tertiary/aromatic N) is 3. The Balaban J connectivity index is 1.10. The third-order valence-corrected chi connectivity index (χ3v) is 14.5. The van der Waals surface area contributed by atoms with Gasteiger partial charge < -0.3 is 14.2 Å². The number of esters is 3. The van der Waals surface area contributed by atoms with Crippen molar-refractivity contribution in [2.75, 3.05) is 0 Å². The Kier molecular flexibility index (Phi) is 12.0. The summed E-state index contributed by atoms with van der Waals surface area (Å²) in [4.78, 5) is 50.4. The van der Waals surface area contributed by atoms with Crippen LogP contribution >= 0.6 is 0 Å². The molecule has 0 radical (unpaired) electrons. The van der Waals surface area contributed by atoms with E-state index < -0.39 is 28.0 Å². The lowest BCUT2D eigenvalue weighted by Gasteiger charge is -2.61. The molecular formula is C44H65N3O9. The van der Waals surface area contributed by atoms with Gasteiger partial charge in [0.05, 0.1) is 10.8 Å². The molecule has 1 unspecified atom stereocenters. The van der Waals surface area contributed by atoms with Crippen LogP contribution in [0.5, 0.6) is 0 Å². The lowest BCUT2D eigenvalue weighted by atomic mass is 9.44. The lowest BCUT2D eigenvalue weighted by molar-refractivity contribution is -0.383. The molecule has 0 N–H and O–H groups in total. The number of non-ortho nitro benzene ring substituents is 1. The average molecular weight is 780 g/mol. The topological polar surface area (TPSA) is 161 Å². The van der Waals surface area contributed by atoms with Gasteiger partial charge in [-0.2, -0.15) is 0 Å². The zero-order valence-electron chi connectivity index (χ0n) is 35.2. The molecule has 0 aliphatic heterocycles. The molecule has 4 aliphatic carbocycles. The first-order chi connectivity index (χ1) is 26.2. The number of carbonyl (C=O) groups is 3. The van der Waals surface area contributed by atoms with Gasteiger partial charge in [-0.25, -0.2) is 4.63 Å². The standard InChI is InChI=1S/C44H65N3O9/c1-26(10-18-36(48)54-41(2,3)4)32-15-16-33-31-14-13-29-25-30(20-22-43(29,8)34(31)21-23-44(32,33)9)53-40(50)28(12-19-37(49)55-42(5,6)7)24-27-11-17-35(47(51)52)39-38(27)45-56-46-39/h11,17,26,28-34H,10,12-16,18-25H2,1-9H3/t26-,28-,29-,30+,31+,32?,33+,34+,43+,44-/m1/s1. The fourth-order valence-electron chi connectivity index (χ4n) is 12.0. The van der Waals surface area contributed by atoms with Gasteiger partial charge in [0.15, 0.2) is 0 Å². The van der Waals surface area contributed by atoms with Gasteiger partial charge in [-0.3, -0.25) is 24.5 Å². The fraction of sp³-hybridized carbons (Fsp3) is 0.795. The van der Waals surface area contributed by atoms with E-state index in [1.165, 1.54) is 38.2 Å². The highest BCUT2D eigenvalue weighted by atomic mass is 16.6. The number of aromatic nitrogens is 2. The second kappa shape index (κ2) is 16.0. The summed E-state index contributed by atoms with van der Waals surface area (Å²) < 4.78 is 22.4. The molecular weight excluding hydrogens is 714 g/mol. The molecule has 56 heavy (non-hydrogen) atoms. The predicted octanol–water partition coefficient (Wildman–Crippen LogP) is 9.74. The number of hydrogen-bond donors (Lipinski definition) is 0. The molecule has 12 nitrogen and oxygen atoms in total. The maximum Gasteiger partial charge on any atom is 0.309 e. The van der Waals surface area contributed by atoms with Crippen LogP contribution in [-0.4, -0.2) is 50.5 Å². The van der Waals surface area contributed by atoms with Gasteiger partial charge >= 0.3 is 23.6 Å². The molecule has 310 valence electrons. The van der Waals surface area contributed by atoms with Crippen LogP contribution in [0.2, 0.25) is 0 Å². The van der Waals surface area contributed by atoms with E-state index in [4.69, 9.17) is 18.8 Å². The molecule has 12 heteroatoms. The number of nitro groups is 1. The number of carbonyl (C=O) groups excluding carboxylic acids is 3. The van der Waals surface area contributed by atoms with E-state index in [-0.39, 0.29) is 59.4 Å². The second-order valence-electron chi connectivity index (χ2n) is 20.3. The molecule has 10 atom stereocenters. The SMILES string of the molecule is C[C@H](CCC(=O)OC(C)(C)C)C1CC[C@H]2[C@@H]3CC[C@@H]4C[C@@H](OC(=O)[C@H](CCC(=O)OC(C)(C)C)Cc5ccc([N+](=O)[O-])c6nonc56)CC[C@]4(C)[C@H]3CC[C@]12C. The fourth-order valence-corrected chi connectivity index (χ4v) is 12.0. The van der Waals surface area contributed by atoms with Gasteiger partial charge in [0, 0.05) is 18.9 Å². The van der Waals surface area contributed by atoms with Crippen molar-refractivity contribution in [1.29, 1.82) is 0 Å². The van der Waals surface area contributed by atoms with Crippen LogP contribution in [0.1, 0.15) is 151 Å². The number of fused-ring (bicyclic) bond motifs is 6. The summed E-state index contributed by atoms with van der Waals surface area (Å²) in [5, 5.41) is 19.3. The summed E-state index contributed by atoms with van der Waals surface area (Å²) in [6.07, 6.45) is 11.6. The Morgan fingerprint density at radius 3 is 2.14 bits per heavy atom. The molecule has 6 rings (SSSR count). The van der Waals surface area contributed by atoms with Crippen molar-refractivity contribution in [3.63, 3.8) is 0 Å². The minimum absolute atomic E-state index is 0.0257. The summed E-state index contributed by atoms with van der Waals surface area (Å²) in [6.45, 7) is 18.6. The first-order valence-corrected chi connectivity index (χ1v) is 21.2. The highest BCUT2D eigenvalue weighted by molar-refractivity contribution is 5.86. The third kappa shape index (κ3) is 8.94. The molecule has 4 fully saturated rings. The molecule has 0 bridgehead atoms. The zero-order valence-corrected chi connectivity index (χ0v) is 35.2. The summed E-state index contributed by atoms with van der Waals surface area (Å²) in [5.41, 5.74) is -0.00253.